The minimum atomic E-state index is -0.344. The van der Waals surface area contributed by atoms with Crippen molar-refractivity contribution in [2.45, 2.75) is 19.1 Å². The molecule has 3 aromatic carbocycles. The molecule has 2 heterocycles. The van der Waals surface area contributed by atoms with Crippen LogP contribution in [0.25, 0.3) is 10.9 Å². The van der Waals surface area contributed by atoms with Crippen LogP contribution >= 0.6 is 11.6 Å². The van der Waals surface area contributed by atoms with Gasteiger partial charge in [0, 0.05) is 28.2 Å². The van der Waals surface area contributed by atoms with Gasteiger partial charge in [-0.1, -0.05) is 66.7 Å². The van der Waals surface area contributed by atoms with E-state index in [2.05, 4.69) is 11.6 Å². The highest BCUT2D eigenvalue weighted by atomic mass is 35.5. The zero-order chi connectivity index (χ0) is 23.5. The lowest BCUT2D eigenvalue weighted by molar-refractivity contribution is 0.0832. The summed E-state index contributed by atoms with van der Waals surface area (Å²) in [6.07, 6.45) is 2.08. The van der Waals surface area contributed by atoms with E-state index in [1.807, 2.05) is 72.8 Å². The molecule has 0 saturated heterocycles. The van der Waals surface area contributed by atoms with Crippen molar-refractivity contribution in [2.24, 2.45) is 0 Å². The maximum absolute atomic E-state index is 13.3. The van der Waals surface area contributed by atoms with E-state index in [0.717, 1.165) is 33.5 Å². The molecular formula is C28H25ClN2O3. The first-order valence-corrected chi connectivity index (χ1v) is 11.6. The molecule has 0 radical (unpaired) electrons. The Balaban J connectivity index is 1.50. The smallest absolute Gasteiger partial charge is 0.410 e. The van der Waals surface area contributed by atoms with Gasteiger partial charge in [0.05, 0.1) is 0 Å². The third kappa shape index (κ3) is 4.39. The molecule has 0 bridgehead atoms. The minimum absolute atomic E-state index is 0.229. The molecule has 1 aliphatic heterocycles. The highest BCUT2D eigenvalue weighted by molar-refractivity contribution is 6.31. The second-order valence-corrected chi connectivity index (χ2v) is 8.70. The molecule has 5 rings (SSSR count). The Labute approximate surface area is 203 Å². The molecule has 0 saturated carbocycles. The number of ether oxygens (including phenoxy) is 2. The fourth-order valence-electron chi connectivity index (χ4n) is 4.51. The first kappa shape index (κ1) is 22.1. The zero-order valence-corrected chi connectivity index (χ0v) is 19.4. The van der Waals surface area contributed by atoms with Gasteiger partial charge in [0.25, 0.3) is 0 Å². The summed E-state index contributed by atoms with van der Waals surface area (Å²) in [6.45, 7) is 4.90. The number of carbonyl (C=O) groups excluding carboxylic acids is 1. The van der Waals surface area contributed by atoms with Crippen LogP contribution in [0.1, 0.15) is 28.4 Å². The number of benzene rings is 3. The van der Waals surface area contributed by atoms with Gasteiger partial charge in [-0.05, 0) is 53.4 Å². The normalized spacial score (nSPS) is 15.1. The Morgan fingerprint density at radius 2 is 1.91 bits per heavy atom. The number of nitrogens with zero attached hydrogens (tertiary/aromatic N) is 1. The molecule has 6 heteroatoms. The Kier molecular flexibility index (Phi) is 6.28. The van der Waals surface area contributed by atoms with Gasteiger partial charge >= 0.3 is 6.09 Å². The highest BCUT2D eigenvalue weighted by Gasteiger charge is 2.35. The number of hydrogen-bond acceptors (Lipinski definition) is 3. The number of halogens is 1. The molecule has 172 valence electrons. The number of H-pyrrole nitrogens is 1. The molecule has 1 atom stereocenters. The molecule has 1 N–H and O–H groups in total. The van der Waals surface area contributed by atoms with Gasteiger partial charge < -0.3 is 14.5 Å². The van der Waals surface area contributed by atoms with Crippen LogP contribution in [-0.4, -0.2) is 29.1 Å². The summed E-state index contributed by atoms with van der Waals surface area (Å²) >= 11 is 6.29. The van der Waals surface area contributed by atoms with Crippen LogP contribution in [0, 0.1) is 0 Å². The molecule has 0 spiro atoms. The maximum Gasteiger partial charge on any atom is 0.410 e. The quantitative estimate of drug-likeness (QED) is 0.319. The van der Waals surface area contributed by atoms with Gasteiger partial charge in [0.15, 0.2) is 0 Å². The van der Waals surface area contributed by atoms with E-state index in [1.165, 1.54) is 5.56 Å². The van der Waals surface area contributed by atoms with E-state index < -0.39 is 0 Å². The van der Waals surface area contributed by atoms with E-state index in [9.17, 15) is 4.79 Å². The summed E-state index contributed by atoms with van der Waals surface area (Å²) in [7, 11) is 0. The molecular weight excluding hydrogens is 448 g/mol. The number of hydrogen-bond donors (Lipinski definition) is 1. The zero-order valence-electron chi connectivity index (χ0n) is 18.7. The molecule has 1 amide bonds. The number of nitrogens with one attached hydrogen (secondary N) is 1. The Morgan fingerprint density at radius 1 is 1.12 bits per heavy atom. The van der Waals surface area contributed by atoms with Crippen molar-refractivity contribution in [3.05, 3.63) is 113 Å². The number of aromatic amines is 1. The molecule has 1 aliphatic rings. The highest BCUT2D eigenvalue weighted by Crippen LogP contribution is 2.39. The first-order valence-electron chi connectivity index (χ1n) is 11.2. The summed E-state index contributed by atoms with van der Waals surface area (Å²) < 4.78 is 11.4. The van der Waals surface area contributed by atoms with Gasteiger partial charge in [-0.3, -0.25) is 4.90 Å². The third-order valence-electron chi connectivity index (χ3n) is 6.09. The predicted octanol–water partition coefficient (Wildman–Crippen LogP) is 6.67. The monoisotopic (exact) mass is 472 g/mol. The number of fused-ring (bicyclic) bond motifs is 3. The van der Waals surface area contributed by atoms with E-state index in [0.29, 0.717) is 24.6 Å². The van der Waals surface area contributed by atoms with E-state index in [4.69, 9.17) is 21.1 Å². The summed E-state index contributed by atoms with van der Waals surface area (Å²) in [5.41, 5.74) is 5.10. The van der Waals surface area contributed by atoms with Gasteiger partial charge in [-0.15, -0.1) is 0 Å². The van der Waals surface area contributed by atoms with Gasteiger partial charge in [0.2, 0.25) is 0 Å². The molecule has 0 fully saturated rings. The van der Waals surface area contributed by atoms with Crippen molar-refractivity contribution in [1.29, 1.82) is 0 Å². The largest absolute Gasteiger partial charge is 0.490 e. The molecule has 0 aliphatic carbocycles. The number of rotatable bonds is 6. The maximum atomic E-state index is 13.3. The van der Waals surface area contributed by atoms with Crippen molar-refractivity contribution in [1.82, 2.24) is 9.88 Å². The molecule has 4 aromatic rings. The number of amides is 1. The lowest BCUT2D eigenvalue weighted by atomic mass is 9.92. The summed E-state index contributed by atoms with van der Waals surface area (Å²) in [4.78, 5) is 18.6. The van der Waals surface area contributed by atoms with E-state index >= 15 is 0 Å². The Hall–Kier alpha value is -3.70. The number of carbonyl (C=O) groups is 1. The van der Waals surface area contributed by atoms with Crippen LogP contribution in [0.15, 0.2) is 85.5 Å². The van der Waals surface area contributed by atoms with E-state index in [-0.39, 0.29) is 18.7 Å². The van der Waals surface area contributed by atoms with Crippen LogP contribution in [0.2, 0.25) is 5.02 Å². The molecule has 1 aromatic heterocycles. The van der Waals surface area contributed by atoms with Crippen LogP contribution in [0.3, 0.4) is 0 Å². The standard InChI is InChI=1S/C28H25ClN2O3/c1-2-16-33-22-11-8-20(9-12-22)27-26-23(24-17-21(29)10-13-25(24)30-26)14-15-31(27)28(32)34-18-19-6-4-3-5-7-19/h2-13,17,27,30H,1,14-16,18H2. The SMILES string of the molecule is C=CCOc1ccc(C2c3[nH]c4ccc(Cl)cc4c3CCN2C(=O)OCc2ccccc2)cc1. The van der Waals surface area contributed by atoms with Crippen molar-refractivity contribution >= 4 is 28.6 Å². The van der Waals surface area contributed by atoms with Crippen LogP contribution in [0.5, 0.6) is 5.75 Å². The van der Waals surface area contributed by atoms with Crippen LogP contribution in [0.4, 0.5) is 4.79 Å². The van der Waals surface area contributed by atoms with Crippen molar-refractivity contribution < 1.29 is 14.3 Å². The second-order valence-electron chi connectivity index (χ2n) is 8.26. The average molecular weight is 473 g/mol. The molecule has 34 heavy (non-hydrogen) atoms. The van der Waals surface area contributed by atoms with Crippen molar-refractivity contribution in [3.63, 3.8) is 0 Å². The molecule has 1 unspecified atom stereocenters. The van der Waals surface area contributed by atoms with Crippen LogP contribution in [-0.2, 0) is 17.8 Å². The fourth-order valence-corrected chi connectivity index (χ4v) is 4.68. The fraction of sp³-hybridized carbons (Fsp3) is 0.179. The summed E-state index contributed by atoms with van der Waals surface area (Å²) in [6, 6.07) is 23.1. The van der Waals surface area contributed by atoms with Gasteiger partial charge in [-0.25, -0.2) is 4.79 Å². The minimum Gasteiger partial charge on any atom is -0.490 e. The first-order chi connectivity index (χ1) is 16.6. The summed E-state index contributed by atoms with van der Waals surface area (Å²) in [5, 5.41) is 1.79. The van der Waals surface area contributed by atoms with Crippen LogP contribution < -0.4 is 4.74 Å². The van der Waals surface area contributed by atoms with E-state index in [1.54, 1.807) is 11.0 Å². The lowest BCUT2D eigenvalue weighted by Gasteiger charge is -2.35. The second kappa shape index (κ2) is 9.65. The molecule has 5 nitrogen and oxygen atoms in total. The Bertz CT molecular complexity index is 1320. The summed E-state index contributed by atoms with van der Waals surface area (Å²) in [5.74, 6) is 0.751. The third-order valence-corrected chi connectivity index (χ3v) is 6.33. The lowest BCUT2D eigenvalue weighted by Crippen LogP contribution is -2.40. The van der Waals surface area contributed by atoms with Crippen molar-refractivity contribution in [3.8, 4) is 5.75 Å². The average Bonchev–Trinajstić information content (AvgIpc) is 3.24. The van der Waals surface area contributed by atoms with Gasteiger partial charge in [0.1, 0.15) is 25.0 Å². The van der Waals surface area contributed by atoms with Crippen molar-refractivity contribution in [2.75, 3.05) is 13.2 Å². The topological polar surface area (TPSA) is 54.6 Å². The number of aromatic nitrogens is 1. The predicted molar refractivity (Wildman–Crippen MR) is 134 cm³/mol. The van der Waals surface area contributed by atoms with Gasteiger partial charge in [-0.2, -0.15) is 0 Å². The Morgan fingerprint density at radius 3 is 2.68 bits per heavy atom.